The molecule has 1 unspecified atom stereocenters. The average Bonchev–Trinajstić information content (AvgIpc) is 2.47. The zero-order valence-corrected chi connectivity index (χ0v) is 12.9. The van der Waals surface area contributed by atoms with Gasteiger partial charge in [0.25, 0.3) is 5.91 Å². The normalized spacial score (nSPS) is 19.2. The molecule has 21 heavy (non-hydrogen) atoms. The highest BCUT2D eigenvalue weighted by molar-refractivity contribution is 6.30. The van der Waals surface area contributed by atoms with E-state index in [1.165, 1.54) is 0 Å². The zero-order valence-electron chi connectivity index (χ0n) is 12.2. The zero-order chi connectivity index (χ0) is 15.1. The molecule has 0 radical (unpaired) electrons. The number of carbonyl (C=O) groups is 1. The third-order valence-corrected chi connectivity index (χ3v) is 3.57. The molecule has 5 nitrogen and oxygen atoms in total. The topological polar surface area (TPSA) is 50.8 Å². The number of amides is 1. The first-order valence-electron chi connectivity index (χ1n) is 7.08. The molecule has 116 valence electrons. The molecule has 1 amide bonds. The minimum absolute atomic E-state index is 0.00700. The molecular weight excluding hydrogens is 292 g/mol. The van der Waals surface area contributed by atoms with E-state index in [4.69, 9.17) is 21.1 Å². The fourth-order valence-electron chi connectivity index (χ4n) is 2.14. The number of hydrogen-bond donors (Lipinski definition) is 1. The van der Waals surface area contributed by atoms with E-state index in [9.17, 15) is 4.79 Å². The summed E-state index contributed by atoms with van der Waals surface area (Å²) in [5, 5.41) is 3.48. The van der Waals surface area contributed by atoms with Crippen LogP contribution in [0.4, 0.5) is 0 Å². The monoisotopic (exact) mass is 312 g/mol. The quantitative estimate of drug-likeness (QED) is 0.866. The molecular formula is C15H21ClN2O3. The summed E-state index contributed by atoms with van der Waals surface area (Å²) in [7, 11) is 2.08. The van der Waals surface area contributed by atoms with Crippen molar-refractivity contribution in [1.29, 1.82) is 0 Å². The van der Waals surface area contributed by atoms with Gasteiger partial charge in [0.2, 0.25) is 0 Å². The molecule has 1 heterocycles. The highest BCUT2D eigenvalue weighted by Gasteiger charge is 2.17. The van der Waals surface area contributed by atoms with Crippen LogP contribution in [0.3, 0.4) is 0 Å². The number of nitrogens with zero attached hydrogens (tertiary/aromatic N) is 1. The van der Waals surface area contributed by atoms with Crippen molar-refractivity contribution in [1.82, 2.24) is 10.2 Å². The molecule has 1 atom stereocenters. The summed E-state index contributed by atoms with van der Waals surface area (Å²) in [6.45, 7) is 3.25. The Hall–Kier alpha value is -1.30. The molecule has 0 spiro atoms. The van der Waals surface area contributed by atoms with E-state index in [-0.39, 0.29) is 18.6 Å². The molecule has 1 fully saturated rings. The molecule has 1 N–H and O–H groups in total. The Morgan fingerprint density at radius 3 is 2.95 bits per heavy atom. The molecule has 1 aromatic carbocycles. The Labute approximate surface area is 130 Å². The van der Waals surface area contributed by atoms with Crippen molar-refractivity contribution in [3.8, 4) is 5.75 Å². The first-order chi connectivity index (χ1) is 10.1. The predicted octanol–water partition coefficient (Wildman–Crippen LogP) is 1.56. The number of benzene rings is 1. The third kappa shape index (κ3) is 5.91. The second kappa shape index (κ2) is 8.22. The van der Waals surface area contributed by atoms with Crippen LogP contribution >= 0.6 is 11.6 Å². The maximum absolute atomic E-state index is 11.7. The van der Waals surface area contributed by atoms with Crippen LogP contribution in [-0.2, 0) is 9.53 Å². The summed E-state index contributed by atoms with van der Waals surface area (Å²) in [4.78, 5) is 13.9. The lowest BCUT2D eigenvalue weighted by atomic mass is 10.2. The van der Waals surface area contributed by atoms with E-state index in [1.54, 1.807) is 24.3 Å². The molecule has 2 rings (SSSR count). The van der Waals surface area contributed by atoms with Crippen LogP contribution in [0.2, 0.25) is 5.02 Å². The van der Waals surface area contributed by atoms with Gasteiger partial charge < -0.3 is 19.7 Å². The van der Waals surface area contributed by atoms with Crippen molar-refractivity contribution in [2.24, 2.45) is 0 Å². The Morgan fingerprint density at radius 1 is 1.48 bits per heavy atom. The van der Waals surface area contributed by atoms with E-state index in [2.05, 4.69) is 17.3 Å². The number of morpholine rings is 1. The van der Waals surface area contributed by atoms with Gasteiger partial charge in [-0.1, -0.05) is 11.6 Å². The Balaban J connectivity index is 1.60. The van der Waals surface area contributed by atoms with Crippen LogP contribution in [0.1, 0.15) is 6.42 Å². The summed E-state index contributed by atoms with van der Waals surface area (Å²) in [6, 6.07) is 6.93. The standard InChI is InChI=1S/C15H21ClN2O3/c1-18-8-9-20-14(10-18)6-7-17-15(19)11-21-13-4-2-12(16)3-5-13/h2-5,14H,6-11H2,1H3,(H,17,19). The Morgan fingerprint density at radius 2 is 2.24 bits per heavy atom. The van der Waals surface area contributed by atoms with Gasteiger partial charge in [0.15, 0.2) is 6.61 Å². The number of nitrogens with one attached hydrogen (secondary N) is 1. The van der Waals surface area contributed by atoms with E-state index in [0.717, 1.165) is 26.1 Å². The van der Waals surface area contributed by atoms with Crippen molar-refractivity contribution < 1.29 is 14.3 Å². The third-order valence-electron chi connectivity index (χ3n) is 3.31. The second-order valence-electron chi connectivity index (χ2n) is 5.14. The maximum Gasteiger partial charge on any atom is 0.257 e. The minimum Gasteiger partial charge on any atom is -0.484 e. The molecule has 1 aliphatic rings. The van der Waals surface area contributed by atoms with Crippen LogP contribution < -0.4 is 10.1 Å². The predicted molar refractivity (Wildman–Crippen MR) is 81.8 cm³/mol. The van der Waals surface area contributed by atoms with Crippen molar-refractivity contribution in [3.63, 3.8) is 0 Å². The molecule has 6 heteroatoms. The van der Waals surface area contributed by atoms with Gasteiger partial charge in [-0.05, 0) is 37.7 Å². The van der Waals surface area contributed by atoms with E-state index in [0.29, 0.717) is 17.3 Å². The minimum atomic E-state index is -0.130. The van der Waals surface area contributed by atoms with Crippen molar-refractivity contribution in [3.05, 3.63) is 29.3 Å². The van der Waals surface area contributed by atoms with Gasteiger partial charge in [0.05, 0.1) is 12.7 Å². The maximum atomic E-state index is 11.7. The number of halogens is 1. The van der Waals surface area contributed by atoms with Gasteiger partial charge >= 0.3 is 0 Å². The average molecular weight is 313 g/mol. The number of hydrogen-bond acceptors (Lipinski definition) is 4. The summed E-state index contributed by atoms with van der Waals surface area (Å²) in [5.41, 5.74) is 0. The Kier molecular flexibility index (Phi) is 6.29. The molecule has 0 saturated carbocycles. The van der Waals surface area contributed by atoms with Crippen LogP contribution in [0, 0.1) is 0 Å². The van der Waals surface area contributed by atoms with E-state index in [1.807, 2.05) is 0 Å². The van der Waals surface area contributed by atoms with Gasteiger partial charge in [-0.2, -0.15) is 0 Å². The first kappa shape index (κ1) is 16.1. The first-order valence-corrected chi connectivity index (χ1v) is 7.46. The molecule has 1 saturated heterocycles. The Bertz CT molecular complexity index is 453. The van der Waals surface area contributed by atoms with Crippen molar-refractivity contribution in [2.45, 2.75) is 12.5 Å². The molecule has 0 bridgehead atoms. The van der Waals surface area contributed by atoms with Crippen molar-refractivity contribution in [2.75, 3.05) is 39.9 Å². The van der Waals surface area contributed by atoms with Gasteiger partial charge in [-0.25, -0.2) is 0 Å². The smallest absolute Gasteiger partial charge is 0.257 e. The lowest BCUT2D eigenvalue weighted by molar-refractivity contribution is -0.123. The van der Waals surface area contributed by atoms with Gasteiger partial charge in [0, 0.05) is 24.7 Å². The SMILES string of the molecule is CN1CCOC(CCNC(=O)COc2ccc(Cl)cc2)C1. The van der Waals surface area contributed by atoms with Crippen LogP contribution in [0.25, 0.3) is 0 Å². The molecule has 0 aromatic heterocycles. The number of rotatable bonds is 6. The van der Waals surface area contributed by atoms with Crippen LogP contribution in [0.15, 0.2) is 24.3 Å². The lowest BCUT2D eigenvalue weighted by Crippen LogP contribution is -2.42. The summed E-state index contributed by atoms with van der Waals surface area (Å²) >= 11 is 5.78. The number of carbonyl (C=O) groups excluding carboxylic acids is 1. The molecule has 1 aromatic rings. The fourth-order valence-corrected chi connectivity index (χ4v) is 2.27. The van der Waals surface area contributed by atoms with Gasteiger partial charge in [-0.15, -0.1) is 0 Å². The van der Waals surface area contributed by atoms with Crippen LogP contribution in [-0.4, -0.2) is 56.8 Å². The van der Waals surface area contributed by atoms with Crippen LogP contribution in [0.5, 0.6) is 5.75 Å². The summed E-state index contributed by atoms with van der Waals surface area (Å²) in [5.74, 6) is 0.501. The second-order valence-corrected chi connectivity index (χ2v) is 5.57. The number of ether oxygens (including phenoxy) is 2. The van der Waals surface area contributed by atoms with E-state index < -0.39 is 0 Å². The van der Waals surface area contributed by atoms with Gasteiger partial charge in [0.1, 0.15) is 5.75 Å². The highest BCUT2D eigenvalue weighted by Crippen LogP contribution is 2.15. The molecule has 1 aliphatic heterocycles. The highest BCUT2D eigenvalue weighted by atomic mass is 35.5. The summed E-state index contributed by atoms with van der Waals surface area (Å²) in [6.07, 6.45) is 1.01. The largest absolute Gasteiger partial charge is 0.484 e. The van der Waals surface area contributed by atoms with Gasteiger partial charge in [-0.3, -0.25) is 4.79 Å². The number of likely N-dealkylation sites (N-methyl/N-ethyl adjacent to an activating group) is 1. The van der Waals surface area contributed by atoms with Crippen molar-refractivity contribution >= 4 is 17.5 Å². The van der Waals surface area contributed by atoms with E-state index >= 15 is 0 Å². The summed E-state index contributed by atoms with van der Waals surface area (Å²) < 4.78 is 11.0. The fraction of sp³-hybridized carbons (Fsp3) is 0.533. The molecule has 0 aliphatic carbocycles. The lowest BCUT2D eigenvalue weighted by Gasteiger charge is -2.30.